The summed E-state index contributed by atoms with van der Waals surface area (Å²) in [7, 11) is 0. The fraction of sp³-hybridized carbons (Fsp3) is 0.250. The molecule has 0 fully saturated rings. The Labute approximate surface area is 41.4 Å². The molecule has 1 heterocycles. The van der Waals surface area contributed by atoms with Crippen molar-refractivity contribution in [3.63, 3.8) is 0 Å². The zero-order chi connectivity index (χ0) is 5.11. The number of aromatic nitrogens is 3. The van der Waals surface area contributed by atoms with Crippen LogP contribution in [0.3, 0.4) is 0 Å². The van der Waals surface area contributed by atoms with Gasteiger partial charge < -0.3 is 0 Å². The van der Waals surface area contributed by atoms with Crippen molar-refractivity contribution in [1.82, 2.24) is 15.4 Å². The molecule has 0 amide bonds. The van der Waals surface area contributed by atoms with Crippen molar-refractivity contribution < 1.29 is 0 Å². The zero-order valence-electron chi connectivity index (χ0n) is 4.00. The molecular weight excluding hydrogens is 90.1 g/mol. The van der Waals surface area contributed by atoms with Crippen molar-refractivity contribution >= 4 is 0 Å². The van der Waals surface area contributed by atoms with Gasteiger partial charge in [0.25, 0.3) is 0 Å². The first-order valence-corrected chi connectivity index (χ1v) is 2.00. The number of hydrogen-bond acceptors (Lipinski definition) is 3. The molecule has 1 aromatic heterocycles. The minimum atomic E-state index is 0.898. The highest BCUT2D eigenvalue weighted by Gasteiger charge is 1.76. The molecule has 0 radical (unpaired) electrons. The van der Waals surface area contributed by atoms with Crippen molar-refractivity contribution in [3.05, 3.63) is 18.0 Å². The first kappa shape index (κ1) is 4.18. The smallest absolute Gasteiger partial charge is 0.0633 e. The molecule has 0 aliphatic heterocycles. The Morgan fingerprint density at radius 1 is 1.57 bits per heavy atom. The van der Waals surface area contributed by atoms with Crippen LogP contribution < -0.4 is 0 Å². The van der Waals surface area contributed by atoms with Crippen molar-refractivity contribution in [2.45, 2.75) is 6.92 Å². The summed E-state index contributed by atoms with van der Waals surface area (Å²) in [4.78, 5) is 0. The highest BCUT2D eigenvalue weighted by molar-refractivity contribution is 4.89. The van der Waals surface area contributed by atoms with Gasteiger partial charge in [-0.25, -0.2) is 0 Å². The third-order valence-corrected chi connectivity index (χ3v) is 0.637. The second kappa shape index (κ2) is 1.64. The Morgan fingerprint density at radius 3 is 2.71 bits per heavy atom. The lowest BCUT2D eigenvalue weighted by molar-refractivity contribution is 0.839. The monoisotopic (exact) mass is 95.0 g/mol. The number of aryl methyl sites for hydroxylation is 1. The number of hydrogen-bond donors (Lipinski definition) is 0. The molecule has 0 N–H and O–H groups in total. The van der Waals surface area contributed by atoms with Crippen molar-refractivity contribution in [2.24, 2.45) is 0 Å². The quantitative estimate of drug-likeness (QED) is 0.461. The Kier molecular flexibility index (Phi) is 0.978. The molecule has 0 bridgehead atoms. The van der Waals surface area contributed by atoms with E-state index in [9.17, 15) is 0 Å². The minimum absolute atomic E-state index is 0.898. The molecule has 7 heavy (non-hydrogen) atoms. The Morgan fingerprint density at radius 2 is 2.43 bits per heavy atom. The second-order valence-electron chi connectivity index (χ2n) is 1.26. The third-order valence-electron chi connectivity index (χ3n) is 0.637. The molecule has 3 heteroatoms. The van der Waals surface area contributed by atoms with Crippen LogP contribution in [0.4, 0.5) is 0 Å². The second-order valence-corrected chi connectivity index (χ2v) is 1.26. The van der Waals surface area contributed by atoms with Crippen LogP contribution in [0.5, 0.6) is 0 Å². The highest BCUT2D eigenvalue weighted by atomic mass is 15.3. The van der Waals surface area contributed by atoms with Crippen molar-refractivity contribution in [3.8, 4) is 0 Å². The molecule has 1 aromatic rings. The van der Waals surface area contributed by atoms with Crippen LogP contribution in [0, 0.1) is 6.92 Å². The topological polar surface area (TPSA) is 38.7 Å². The SMILES string of the molecule is Cc1ccnnn1. The Hall–Kier alpha value is -0.990. The van der Waals surface area contributed by atoms with E-state index < -0.39 is 0 Å². The van der Waals surface area contributed by atoms with Gasteiger partial charge in [-0.1, -0.05) is 0 Å². The van der Waals surface area contributed by atoms with Gasteiger partial charge in [-0.3, -0.25) is 0 Å². The summed E-state index contributed by atoms with van der Waals surface area (Å²) in [5, 5.41) is 10.5. The van der Waals surface area contributed by atoms with E-state index in [1.165, 1.54) is 0 Å². The Balaban J connectivity index is 3.02. The molecule has 0 aromatic carbocycles. The minimum Gasteiger partial charge on any atom is -0.139 e. The van der Waals surface area contributed by atoms with Crippen LogP contribution in [-0.4, -0.2) is 15.4 Å². The summed E-state index contributed by atoms with van der Waals surface area (Å²) in [5.74, 6) is 0. The summed E-state index contributed by atoms with van der Waals surface area (Å²) >= 11 is 0. The molecule has 1 rings (SSSR count). The van der Waals surface area contributed by atoms with Gasteiger partial charge in [0.2, 0.25) is 0 Å². The molecule has 0 unspecified atom stereocenters. The highest BCUT2D eigenvalue weighted by Crippen LogP contribution is 1.79. The molecule has 0 atom stereocenters. The van der Waals surface area contributed by atoms with Gasteiger partial charge in [0.05, 0.1) is 11.9 Å². The van der Waals surface area contributed by atoms with Gasteiger partial charge in [0.15, 0.2) is 0 Å². The van der Waals surface area contributed by atoms with E-state index >= 15 is 0 Å². The normalized spacial score (nSPS) is 8.71. The molecule has 3 nitrogen and oxygen atoms in total. The summed E-state index contributed by atoms with van der Waals surface area (Å²) < 4.78 is 0. The van der Waals surface area contributed by atoms with Crippen LogP contribution in [0.25, 0.3) is 0 Å². The maximum atomic E-state index is 3.62. The fourth-order valence-corrected chi connectivity index (χ4v) is 0.301. The molecule has 0 saturated heterocycles. The van der Waals surface area contributed by atoms with Crippen molar-refractivity contribution in [2.75, 3.05) is 0 Å². The lowest BCUT2D eigenvalue weighted by Crippen LogP contribution is -1.85. The summed E-state index contributed by atoms with van der Waals surface area (Å²) in [6.07, 6.45) is 1.61. The third kappa shape index (κ3) is 0.924. The van der Waals surface area contributed by atoms with Gasteiger partial charge in [-0.05, 0) is 18.2 Å². The van der Waals surface area contributed by atoms with Gasteiger partial charge in [0, 0.05) is 0 Å². The fourth-order valence-electron chi connectivity index (χ4n) is 0.301. The van der Waals surface area contributed by atoms with E-state index in [1.807, 2.05) is 6.92 Å². The largest absolute Gasteiger partial charge is 0.139 e. The number of rotatable bonds is 0. The van der Waals surface area contributed by atoms with Crippen LogP contribution in [-0.2, 0) is 0 Å². The predicted octanol–water partition coefficient (Wildman–Crippen LogP) is 0.180. The molecule has 0 saturated carbocycles. The number of nitrogens with zero attached hydrogens (tertiary/aromatic N) is 3. The summed E-state index contributed by atoms with van der Waals surface area (Å²) in [5.41, 5.74) is 0.898. The van der Waals surface area contributed by atoms with Gasteiger partial charge in [0.1, 0.15) is 0 Å². The van der Waals surface area contributed by atoms with E-state index in [2.05, 4.69) is 15.4 Å². The van der Waals surface area contributed by atoms with E-state index in [0.29, 0.717) is 0 Å². The average Bonchev–Trinajstić information content (AvgIpc) is 1.69. The maximum Gasteiger partial charge on any atom is 0.0633 e. The Bertz CT molecular complexity index is 137. The van der Waals surface area contributed by atoms with Gasteiger partial charge >= 0.3 is 0 Å². The van der Waals surface area contributed by atoms with Crippen LogP contribution in [0.2, 0.25) is 0 Å². The average molecular weight is 95.1 g/mol. The first-order valence-electron chi connectivity index (χ1n) is 2.00. The van der Waals surface area contributed by atoms with Gasteiger partial charge in [-0.15, -0.1) is 10.2 Å². The molecular formula is C4H5N3. The van der Waals surface area contributed by atoms with E-state index in [-0.39, 0.29) is 0 Å². The van der Waals surface area contributed by atoms with Crippen LogP contribution in [0.1, 0.15) is 5.69 Å². The zero-order valence-corrected chi connectivity index (χ0v) is 4.00. The molecule has 0 aliphatic rings. The van der Waals surface area contributed by atoms with Gasteiger partial charge in [-0.2, -0.15) is 0 Å². The molecule has 0 spiro atoms. The standard InChI is InChI=1S/C4H5N3/c1-4-2-3-5-7-6-4/h2-3H,1H3. The van der Waals surface area contributed by atoms with E-state index in [4.69, 9.17) is 0 Å². The van der Waals surface area contributed by atoms with E-state index in [1.54, 1.807) is 12.3 Å². The summed E-state index contributed by atoms with van der Waals surface area (Å²) in [6.45, 7) is 1.87. The summed E-state index contributed by atoms with van der Waals surface area (Å²) in [6, 6.07) is 1.80. The van der Waals surface area contributed by atoms with Crippen LogP contribution in [0.15, 0.2) is 12.3 Å². The lowest BCUT2D eigenvalue weighted by Gasteiger charge is -1.79. The predicted molar refractivity (Wildman–Crippen MR) is 24.6 cm³/mol. The lowest BCUT2D eigenvalue weighted by atomic mass is 10.5. The molecule has 36 valence electrons. The van der Waals surface area contributed by atoms with Crippen molar-refractivity contribution in [1.29, 1.82) is 0 Å². The van der Waals surface area contributed by atoms with Crippen LogP contribution >= 0.6 is 0 Å². The maximum absolute atomic E-state index is 3.62. The first-order chi connectivity index (χ1) is 3.39. The molecule has 0 aliphatic carbocycles. The van der Waals surface area contributed by atoms with E-state index in [0.717, 1.165) is 5.69 Å².